The van der Waals surface area contributed by atoms with Crippen LogP contribution in [-0.4, -0.2) is 12.1 Å². The molecule has 0 aliphatic carbocycles. The summed E-state index contributed by atoms with van der Waals surface area (Å²) in [7, 11) is 1.26. The summed E-state index contributed by atoms with van der Waals surface area (Å²) in [4.78, 5) is 3.29. The predicted molar refractivity (Wildman–Crippen MR) is 45.3 cm³/mol. The summed E-state index contributed by atoms with van der Waals surface area (Å²) in [5.41, 5.74) is -0.978. The van der Waals surface area contributed by atoms with Crippen LogP contribution in [0.4, 0.5) is 13.2 Å². The highest BCUT2D eigenvalue weighted by Crippen LogP contribution is 2.26. The molecule has 1 aromatic heterocycles. The summed E-state index contributed by atoms with van der Waals surface area (Å²) >= 11 is 5.37. The number of pyridine rings is 1. The normalized spacial score (nSPS) is 10.7. The van der Waals surface area contributed by atoms with Crippen LogP contribution in [0.3, 0.4) is 0 Å². The molecule has 0 aromatic carbocycles. The highest BCUT2D eigenvalue weighted by atomic mass is 35.5. The van der Waals surface area contributed by atoms with E-state index >= 15 is 0 Å². The fourth-order valence-electron chi connectivity index (χ4n) is 0.923. The van der Waals surface area contributed by atoms with Gasteiger partial charge in [0.05, 0.1) is 13.0 Å². The van der Waals surface area contributed by atoms with Crippen molar-refractivity contribution in [1.82, 2.24) is 4.98 Å². The molecule has 0 saturated heterocycles. The predicted octanol–water partition coefficient (Wildman–Crippen LogP) is 2.91. The number of alkyl halides is 3. The topological polar surface area (TPSA) is 22.1 Å². The zero-order chi connectivity index (χ0) is 10.7. The lowest BCUT2D eigenvalue weighted by Crippen LogP contribution is -2.02. The van der Waals surface area contributed by atoms with Gasteiger partial charge in [-0.25, -0.2) is 18.2 Å². The van der Waals surface area contributed by atoms with E-state index in [4.69, 9.17) is 11.6 Å². The van der Waals surface area contributed by atoms with E-state index in [9.17, 15) is 13.2 Å². The molecule has 1 aromatic rings. The largest absolute Gasteiger partial charge is 0.481 e. The minimum atomic E-state index is -2.98. The highest BCUT2D eigenvalue weighted by molar-refractivity contribution is 6.17. The lowest BCUT2D eigenvalue weighted by molar-refractivity contribution is 0.139. The summed E-state index contributed by atoms with van der Waals surface area (Å²) in [5, 5.41) is 0. The van der Waals surface area contributed by atoms with Gasteiger partial charge in [0, 0.05) is 11.6 Å². The second-order valence-corrected chi connectivity index (χ2v) is 2.72. The van der Waals surface area contributed by atoms with Crippen LogP contribution in [-0.2, 0) is 5.88 Å². The van der Waals surface area contributed by atoms with Crippen LogP contribution in [0.2, 0.25) is 0 Å². The third kappa shape index (κ3) is 2.09. The van der Waals surface area contributed by atoms with E-state index in [2.05, 4.69) is 9.72 Å². The Labute approximate surface area is 83.7 Å². The van der Waals surface area contributed by atoms with Crippen molar-refractivity contribution in [2.75, 3.05) is 7.11 Å². The van der Waals surface area contributed by atoms with Crippen LogP contribution >= 0.6 is 11.6 Å². The number of aromatic nitrogens is 1. The number of hydrogen-bond acceptors (Lipinski definition) is 2. The average Bonchev–Trinajstić information content (AvgIpc) is 2.17. The molecule has 14 heavy (non-hydrogen) atoms. The van der Waals surface area contributed by atoms with E-state index in [0.717, 1.165) is 0 Å². The van der Waals surface area contributed by atoms with E-state index in [1.165, 1.54) is 13.2 Å². The summed E-state index contributed by atoms with van der Waals surface area (Å²) in [6.45, 7) is 0. The monoisotopic (exact) mass is 225 g/mol. The minimum absolute atomic E-state index is 0.0474. The van der Waals surface area contributed by atoms with E-state index in [1.54, 1.807) is 0 Å². The molecule has 0 aliphatic rings. The molecular formula is C8H7ClF3NO. The zero-order valence-corrected chi connectivity index (χ0v) is 7.99. The third-order valence-electron chi connectivity index (χ3n) is 1.59. The molecule has 0 fully saturated rings. The molecule has 0 saturated carbocycles. The first-order valence-electron chi connectivity index (χ1n) is 3.67. The molecule has 0 unspecified atom stereocenters. The number of halogens is 4. The van der Waals surface area contributed by atoms with E-state index in [1.807, 2.05) is 0 Å². The molecule has 78 valence electrons. The van der Waals surface area contributed by atoms with Crippen LogP contribution in [0.15, 0.2) is 6.07 Å². The Morgan fingerprint density at radius 3 is 2.64 bits per heavy atom. The standard InChI is InChI=1S/C8H7ClF3NO/c1-14-5-2-4(3-9)6(10)7(13-5)8(11)12/h2,8H,3H2,1H3. The van der Waals surface area contributed by atoms with Gasteiger partial charge >= 0.3 is 0 Å². The number of rotatable bonds is 3. The second-order valence-electron chi connectivity index (χ2n) is 2.46. The van der Waals surface area contributed by atoms with Crippen molar-refractivity contribution in [3.63, 3.8) is 0 Å². The molecular weight excluding hydrogens is 219 g/mol. The van der Waals surface area contributed by atoms with E-state index in [-0.39, 0.29) is 17.3 Å². The Morgan fingerprint density at radius 1 is 1.57 bits per heavy atom. The molecule has 1 heterocycles. The molecule has 0 spiro atoms. The van der Waals surface area contributed by atoms with Crippen LogP contribution < -0.4 is 4.74 Å². The van der Waals surface area contributed by atoms with Gasteiger partial charge < -0.3 is 4.74 Å². The minimum Gasteiger partial charge on any atom is -0.481 e. The third-order valence-corrected chi connectivity index (χ3v) is 1.88. The van der Waals surface area contributed by atoms with Crippen molar-refractivity contribution < 1.29 is 17.9 Å². The van der Waals surface area contributed by atoms with Crippen molar-refractivity contribution in [3.8, 4) is 5.88 Å². The molecule has 0 aliphatic heterocycles. The Hall–Kier alpha value is -0.970. The SMILES string of the molecule is COc1cc(CCl)c(F)c(C(F)F)n1. The molecule has 0 bridgehead atoms. The first-order valence-corrected chi connectivity index (χ1v) is 4.21. The molecule has 0 amide bonds. The number of hydrogen-bond donors (Lipinski definition) is 0. The first kappa shape index (κ1) is 11.1. The molecule has 0 radical (unpaired) electrons. The summed E-state index contributed by atoms with van der Waals surface area (Å²) in [6, 6.07) is 1.19. The van der Waals surface area contributed by atoms with Crippen molar-refractivity contribution in [1.29, 1.82) is 0 Å². The summed E-state index contributed by atoms with van der Waals surface area (Å²) in [5.74, 6) is -1.35. The van der Waals surface area contributed by atoms with Gasteiger partial charge in [0.25, 0.3) is 6.43 Å². The summed E-state index contributed by atoms with van der Waals surface area (Å²) < 4.78 is 42.3. The molecule has 0 atom stereocenters. The maximum Gasteiger partial charge on any atom is 0.283 e. The van der Waals surface area contributed by atoms with Gasteiger partial charge in [-0.3, -0.25) is 0 Å². The van der Waals surface area contributed by atoms with Gasteiger partial charge in [0.2, 0.25) is 5.88 Å². The van der Waals surface area contributed by atoms with Crippen molar-refractivity contribution in [2.45, 2.75) is 12.3 Å². The van der Waals surface area contributed by atoms with Crippen LogP contribution in [0.5, 0.6) is 5.88 Å². The average molecular weight is 226 g/mol. The lowest BCUT2D eigenvalue weighted by Gasteiger charge is -2.07. The van der Waals surface area contributed by atoms with Gasteiger partial charge in [0.15, 0.2) is 5.82 Å². The van der Waals surface area contributed by atoms with Gasteiger partial charge in [-0.2, -0.15) is 0 Å². The van der Waals surface area contributed by atoms with Crippen molar-refractivity contribution >= 4 is 11.6 Å². The number of ether oxygens (including phenoxy) is 1. The first-order chi connectivity index (χ1) is 6.60. The lowest BCUT2D eigenvalue weighted by atomic mass is 10.2. The zero-order valence-electron chi connectivity index (χ0n) is 7.23. The molecule has 2 nitrogen and oxygen atoms in total. The van der Waals surface area contributed by atoms with Gasteiger partial charge in [-0.15, -0.1) is 11.6 Å². The fourth-order valence-corrected chi connectivity index (χ4v) is 1.12. The van der Waals surface area contributed by atoms with Crippen molar-refractivity contribution in [2.24, 2.45) is 0 Å². The maximum absolute atomic E-state index is 13.2. The Balaban J connectivity index is 3.27. The fraction of sp³-hybridized carbons (Fsp3) is 0.375. The second kappa shape index (κ2) is 4.50. The van der Waals surface area contributed by atoms with E-state index in [0.29, 0.717) is 0 Å². The molecule has 6 heteroatoms. The van der Waals surface area contributed by atoms with Crippen LogP contribution in [0, 0.1) is 5.82 Å². The van der Waals surface area contributed by atoms with Gasteiger partial charge in [-0.1, -0.05) is 0 Å². The van der Waals surface area contributed by atoms with E-state index < -0.39 is 17.9 Å². The molecule has 1 rings (SSSR count). The van der Waals surface area contributed by atoms with Gasteiger partial charge in [-0.05, 0) is 0 Å². The Bertz CT molecular complexity index is 333. The number of nitrogens with zero attached hydrogens (tertiary/aromatic N) is 1. The Morgan fingerprint density at radius 2 is 2.21 bits per heavy atom. The highest BCUT2D eigenvalue weighted by Gasteiger charge is 2.19. The maximum atomic E-state index is 13.2. The quantitative estimate of drug-likeness (QED) is 0.738. The van der Waals surface area contributed by atoms with Crippen LogP contribution in [0.1, 0.15) is 17.7 Å². The smallest absolute Gasteiger partial charge is 0.283 e. The molecule has 0 N–H and O–H groups in total. The van der Waals surface area contributed by atoms with Gasteiger partial charge in [0.1, 0.15) is 5.69 Å². The van der Waals surface area contributed by atoms with Crippen LogP contribution in [0.25, 0.3) is 0 Å². The number of methoxy groups -OCH3 is 1. The van der Waals surface area contributed by atoms with Crippen molar-refractivity contribution in [3.05, 3.63) is 23.1 Å². The Kier molecular flexibility index (Phi) is 3.57. The summed E-state index contributed by atoms with van der Waals surface area (Å²) in [6.07, 6.45) is -2.98.